The Bertz CT molecular complexity index is 830. The molecule has 0 aromatic carbocycles. The zero-order chi connectivity index (χ0) is 39.8. The molecule has 0 aliphatic heterocycles. The second-order valence-electron chi connectivity index (χ2n) is 12.3. The van der Waals surface area contributed by atoms with E-state index in [0.29, 0.717) is 32.5 Å². The second kappa shape index (κ2) is 33.2. The van der Waals surface area contributed by atoms with Gasteiger partial charge in [-0.1, -0.05) is 6.92 Å². The fourth-order valence-electron chi connectivity index (χ4n) is 3.57. The zero-order valence-electron chi connectivity index (χ0n) is 34.0. The zero-order valence-corrected chi connectivity index (χ0v) is 34.0. The number of ketones is 3. The predicted molar refractivity (Wildman–Crippen MR) is 188 cm³/mol. The van der Waals surface area contributed by atoms with E-state index in [1.165, 1.54) is 27.9 Å². The van der Waals surface area contributed by atoms with Crippen LogP contribution in [0.3, 0.4) is 0 Å². The molecule has 0 unspecified atom stereocenters. The number of hydrogen-bond acceptors (Lipinski definition) is 13. The summed E-state index contributed by atoms with van der Waals surface area (Å²) in [6, 6.07) is 0. The molecule has 0 saturated heterocycles. The molecule has 0 fully saturated rings. The van der Waals surface area contributed by atoms with Crippen LogP contribution in [0.4, 0.5) is 0 Å². The molecule has 0 radical (unpaired) electrons. The van der Waals surface area contributed by atoms with E-state index in [0.717, 1.165) is 0 Å². The van der Waals surface area contributed by atoms with Gasteiger partial charge in [0.2, 0.25) is 0 Å². The summed E-state index contributed by atoms with van der Waals surface area (Å²) in [6.07, 6.45) is 1.18. The lowest BCUT2D eigenvalue weighted by Crippen LogP contribution is -2.41. The lowest BCUT2D eigenvalue weighted by Gasteiger charge is -2.35. The largest absolute Gasteiger partial charge is 0.469 e. The summed E-state index contributed by atoms with van der Waals surface area (Å²) in [6.45, 7) is 27.1. The number of ether oxygens (including phenoxy) is 8. The Morgan fingerprint density at radius 2 is 0.833 bits per heavy atom. The highest BCUT2D eigenvalue weighted by molar-refractivity contribution is 5.79. The molecule has 0 N–H and O–H groups in total. The molecule has 290 valence electrons. The van der Waals surface area contributed by atoms with Gasteiger partial charge in [-0.2, -0.15) is 0 Å². The predicted octanol–water partition coefficient (Wildman–Crippen LogP) is 6.30. The topological polar surface area (TPSA) is 159 Å². The van der Waals surface area contributed by atoms with Crippen LogP contribution in [0.1, 0.15) is 123 Å². The van der Waals surface area contributed by atoms with Crippen LogP contribution >= 0.6 is 0 Å². The van der Waals surface area contributed by atoms with Crippen LogP contribution < -0.4 is 0 Å². The Morgan fingerprint density at radius 3 is 1.02 bits per heavy atom. The van der Waals surface area contributed by atoms with E-state index < -0.39 is 22.8 Å². The molecular formula is C35H72O13. The third-order valence-corrected chi connectivity index (χ3v) is 4.50. The van der Waals surface area contributed by atoms with Crippen molar-refractivity contribution in [3.8, 4) is 0 Å². The smallest absolute Gasteiger partial charge is 0.302 e. The van der Waals surface area contributed by atoms with Crippen LogP contribution in [0.2, 0.25) is 0 Å². The molecule has 0 heterocycles. The average Bonchev–Trinajstić information content (AvgIpc) is 2.86. The van der Waals surface area contributed by atoms with E-state index in [1.54, 1.807) is 63.1 Å². The molecule has 0 atom stereocenters. The van der Waals surface area contributed by atoms with Gasteiger partial charge in [-0.3, -0.25) is 24.0 Å². The van der Waals surface area contributed by atoms with Crippen LogP contribution in [-0.4, -0.2) is 107 Å². The standard InChI is InChI=1S/C13H24O4.C11H22O3.C4H8O2.C3H6O2.2C2H6O/c1-7-11(15)9-16-13(5,6)17-12(3,4)8-10(2)14;1-7-13-11(5,6)14-10(3,4)8-9(2)12;1-3-6-4(2)5;1-3(4)5-2;2*1-3-2/h7-9H2,1-6H3;7-8H2,1-6H3;3H2,1-2H3;1-2H3;2*1-2H3. The van der Waals surface area contributed by atoms with E-state index in [9.17, 15) is 24.0 Å². The van der Waals surface area contributed by atoms with Crippen LogP contribution in [0.15, 0.2) is 0 Å². The van der Waals surface area contributed by atoms with E-state index in [2.05, 4.69) is 18.9 Å². The van der Waals surface area contributed by atoms with E-state index in [4.69, 9.17) is 18.9 Å². The Hall–Kier alpha value is -2.29. The Balaban J connectivity index is -0.000000126. The fourth-order valence-corrected chi connectivity index (χ4v) is 3.57. The summed E-state index contributed by atoms with van der Waals surface area (Å²) in [5.74, 6) is -1.73. The number of rotatable bonds is 15. The number of Topliss-reactive ketones (excluding diaryl/α,β-unsaturated/α-hetero) is 3. The van der Waals surface area contributed by atoms with Gasteiger partial charge < -0.3 is 37.9 Å². The fraction of sp³-hybridized carbons (Fsp3) is 0.857. The van der Waals surface area contributed by atoms with E-state index >= 15 is 0 Å². The molecule has 0 aliphatic carbocycles. The second-order valence-corrected chi connectivity index (χ2v) is 12.3. The normalized spacial score (nSPS) is 10.7. The van der Waals surface area contributed by atoms with Crippen molar-refractivity contribution in [2.24, 2.45) is 0 Å². The van der Waals surface area contributed by atoms with Gasteiger partial charge in [0.05, 0.1) is 24.9 Å². The maximum absolute atomic E-state index is 11.2. The summed E-state index contributed by atoms with van der Waals surface area (Å²) in [7, 11) is 7.85. The Morgan fingerprint density at radius 1 is 0.521 bits per heavy atom. The van der Waals surface area contributed by atoms with E-state index in [-0.39, 0.29) is 35.9 Å². The minimum absolute atomic E-state index is 0.0334. The molecule has 0 spiro atoms. The highest BCUT2D eigenvalue weighted by Gasteiger charge is 2.32. The van der Waals surface area contributed by atoms with Gasteiger partial charge >= 0.3 is 11.9 Å². The van der Waals surface area contributed by atoms with Crippen molar-refractivity contribution in [2.75, 3.05) is 55.4 Å². The summed E-state index contributed by atoms with van der Waals surface area (Å²) in [4.78, 5) is 52.6. The number of methoxy groups -OCH3 is 3. The first kappa shape index (κ1) is 57.9. The van der Waals surface area contributed by atoms with Crippen molar-refractivity contribution in [2.45, 2.75) is 146 Å². The summed E-state index contributed by atoms with van der Waals surface area (Å²) < 4.78 is 39.3. The number of carbonyl (C=O) groups excluding carboxylic acids is 5. The highest BCUT2D eigenvalue weighted by Crippen LogP contribution is 2.25. The molecule has 13 nitrogen and oxygen atoms in total. The minimum Gasteiger partial charge on any atom is -0.469 e. The molecule has 0 amide bonds. The van der Waals surface area contributed by atoms with Gasteiger partial charge in [-0.05, 0) is 83.1 Å². The average molecular weight is 701 g/mol. The number of carbonyl (C=O) groups is 5. The van der Waals surface area contributed by atoms with Gasteiger partial charge in [0.15, 0.2) is 17.4 Å². The third-order valence-electron chi connectivity index (χ3n) is 4.50. The first-order valence-electron chi connectivity index (χ1n) is 15.8. The van der Waals surface area contributed by atoms with Gasteiger partial charge in [0.25, 0.3) is 0 Å². The molecule has 0 aliphatic rings. The molecule has 48 heavy (non-hydrogen) atoms. The van der Waals surface area contributed by atoms with Gasteiger partial charge in [-0.25, -0.2) is 0 Å². The summed E-state index contributed by atoms with van der Waals surface area (Å²) in [5.41, 5.74) is -1.06. The van der Waals surface area contributed by atoms with Gasteiger partial charge in [-0.15, -0.1) is 0 Å². The van der Waals surface area contributed by atoms with Crippen molar-refractivity contribution in [1.82, 2.24) is 0 Å². The van der Waals surface area contributed by atoms with E-state index in [1.807, 2.05) is 48.5 Å². The maximum atomic E-state index is 11.2. The molecule has 0 bridgehead atoms. The van der Waals surface area contributed by atoms with Crippen molar-refractivity contribution < 1.29 is 61.9 Å². The van der Waals surface area contributed by atoms with Crippen molar-refractivity contribution >= 4 is 29.3 Å². The number of esters is 2. The molecule has 0 aromatic heterocycles. The summed E-state index contributed by atoms with van der Waals surface area (Å²) >= 11 is 0. The molecule has 13 heteroatoms. The molecule has 0 saturated carbocycles. The Kier molecular flexibility index (Phi) is 40.1. The van der Waals surface area contributed by atoms with Gasteiger partial charge in [0, 0.05) is 68.2 Å². The maximum Gasteiger partial charge on any atom is 0.302 e. The Labute approximate surface area is 292 Å². The SMILES string of the molecule is CCC(=O)COC(C)(C)OC(C)(C)CC(C)=O.CCOC(C)(C)OC(C)(C)CC(C)=O.CCOC(C)=O.COC.COC.COC(C)=O. The van der Waals surface area contributed by atoms with Crippen molar-refractivity contribution in [1.29, 1.82) is 0 Å². The molecule has 0 aromatic rings. The minimum atomic E-state index is -0.871. The monoisotopic (exact) mass is 700 g/mol. The van der Waals surface area contributed by atoms with Crippen molar-refractivity contribution in [3.63, 3.8) is 0 Å². The first-order chi connectivity index (χ1) is 21.6. The third kappa shape index (κ3) is 59.2. The van der Waals surface area contributed by atoms with Gasteiger partial charge in [0.1, 0.15) is 18.2 Å². The number of hydrogen-bond donors (Lipinski definition) is 0. The van der Waals surface area contributed by atoms with Crippen LogP contribution in [0.5, 0.6) is 0 Å². The van der Waals surface area contributed by atoms with Crippen molar-refractivity contribution in [3.05, 3.63) is 0 Å². The lowest BCUT2D eigenvalue weighted by molar-refractivity contribution is -0.260. The highest BCUT2D eigenvalue weighted by atomic mass is 16.7. The molecule has 0 rings (SSSR count). The van der Waals surface area contributed by atoms with Crippen LogP contribution in [-0.2, 0) is 61.9 Å². The first-order valence-corrected chi connectivity index (χ1v) is 15.8. The quantitative estimate of drug-likeness (QED) is 0.138. The van der Waals surface area contributed by atoms with Crippen LogP contribution in [0.25, 0.3) is 0 Å². The van der Waals surface area contributed by atoms with Crippen LogP contribution in [0, 0.1) is 0 Å². The summed E-state index contributed by atoms with van der Waals surface area (Å²) in [5, 5.41) is 0. The lowest BCUT2D eigenvalue weighted by atomic mass is 10.0. The molecular weight excluding hydrogens is 628 g/mol.